The Labute approximate surface area is 174 Å². The molecule has 0 saturated carbocycles. The molecule has 2 aromatic heterocycles. The lowest BCUT2D eigenvalue weighted by Crippen LogP contribution is -2.51. The first kappa shape index (κ1) is 19.9. The summed E-state index contributed by atoms with van der Waals surface area (Å²) in [5.74, 6) is 1.28. The zero-order valence-corrected chi connectivity index (χ0v) is 17.0. The molecule has 1 fully saturated rings. The molecule has 1 aromatic carbocycles. The number of fused-ring (bicyclic) bond motifs is 1. The highest BCUT2D eigenvalue weighted by Gasteiger charge is 2.33. The van der Waals surface area contributed by atoms with E-state index < -0.39 is 0 Å². The van der Waals surface area contributed by atoms with Crippen LogP contribution < -0.4 is 15.3 Å². The summed E-state index contributed by atoms with van der Waals surface area (Å²) in [6, 6.07) is 15.1. The largest absolute Gasteiger partial charge is 0.488 e. The summed E-state index contributed by atoms with van der Waals surface area (Å²) in [5, 5.41) is 9.26. The molecule has 8 heteroatoms. The minimum absolute atomic E-state index is 0.107. The van der Waals surface area contributed by atoms with E-state index in [1.165, 1.54) is 4.57 Å². The third kappa shape index (κ3) is 3.84. The van der Waals surface area contributed by atoms with Crippen LogP contribution in [0.3, 0.4) is 0 Å². The van der Waals surface area contributed by atoms with Gasteiger partial charge in [-0.15, -0.1) is 0 Å². The molecule has 0 spiro atoms. The molecule has 0 radical (unpaired) electrons. The molecular weight excluding hydrogens is 382 g/mol. The van der Waals surface area contributed by atoms with Gasteiger partial charge in [-0.05, 0) is 31.2 Å². The maximum absolute atomic E-state index is 12.4. The number of rotatable bonds is 5. The van der Waals surface area contributed by atoms with Gasteiger partial charge in [0.15, 0.2) is 5.82 Å². The van der Waals surface area contributed by atoms with Gasteiger partial charge >= 0.3 is 5.69 Å². The van der Waals surface area contributed by atoms with Crippen molar-refractivity contribution in [3.8, 4) is 11.8 Å². The molecule has 1 saturated heterocycles. The van der Waals surface area contributed by atoms with Crippen LogP contribution in [0.25, 0.3) is 11.0 Å². The number of aromatic nitrogens is 3. The van der Waals surface area contributed by atoms with Gasteiger partial charge < -0.3 is 14.4 Å². The van der Waals surface area contributed by atoms with E-state index in [0.717, 1.165) is 5.75 Å². The number of hydrogen-bond donors (Lipinski definition) is 0. The van der Waals surface area contributed by atoms with E-state index in [0.29, 0.717) is 43.0 Å². The Morgan fingerprint density at radius 2 is 1.97 bits per heavy atom. The maximum atomic E-state index is 12.4. The van der Waals surface area contributed by atoms with Crippen LogP contribution in [-0.2, 0) is 11.8 Å². The number of aryl methyl sites for hydroxylation is 1. The van der Waals surface area contributed by atoms with Crippen molar-refractivity contribution in [3.05, 3.63) is 58.6 Å². The fourth-order valence-corrected chi connectivity index (χ4v) is 3.76. The van der Waals surface area contributed by atoms with Crippen molar-refractivity contribution in [2.75, 3.05) is 24.6 Å². The molecule has 0 N–H and O–H groups in total. The minimum Gasteiger partial charge on any atom is -0.488 e. The number of para-hydroxylation sites is 1. The normalized spacial score (nSPS) is 18.9. The van der Waals surface area contributed by atoms with Crippen LogP contribution in [0.15, 0.2) is 47.3 Å². The van der Waals surface area contributed by atoms with Gasteiger partial charge in [0.2, 0.25) is 0 Å². The number of benzene rings is 1. The predicted octanol–water partition coefficient (Wildman–Crippen LogP) is 2.26. The van der Waals surface area contributed by atoms with Gasteiger partial charge in [-0.25, -0.2) is 9.78 Å². The highest BCUT2D eigenvalue weighted by atomic mass is 16.5. The third-order valence-electron chi connectivity index (χ3n) is 5.26. The van der Waals surface area contributed by atoms with Crippen LogP contribution >= 0.6 is 0 Å². The van der Waals surface area contributed by atoms with Crippen LogP contribution in [0.5, 0.6) is 5.75 Å². The Morgan fingerprint density at radius 3 is 2.70 bits per heavy atom. The number of nitrogens with zero attached hydrogens (tertiary/aromatic N) is 5. The topological polar surface area (TPSA) is 93.3 Å². The number of nitriles is 1. The molecule has 0 amide bonds. The zero-order valence-electron chi connectivity index (χ0n) is 17.0. The maximum Gasteiger partial charge on any atom is 0.349 e. The Bertz CT molecular complexity index is 1140. The summed E-state index contributed by atoms with van der Waals surface area (Å²) in [5.41, 5.74) is 1.10. The van der Waals surface area contributed by atoms with E-state index >= 15 is 0 Å². The molecule has 4 rings (SSSR count). The number of pyridine rings is 1. The second-order valence-corrected chi connectivity index (χ2v) is 7.15. The monoisotopic (exact) mass is 405 g/mol. The van der Waals surface area contributed by atoms with Gasteiger partial charge in [0.05, 0.1) is 5.52 Å². The molecule has 0 aliphatic carbocycles. The first-order valence-corrected chi connectivity index (χ1v) is 9.97. The minimum atomic E-state index is -0.361. The molecule has 2 atom stereocenters. The van der Waals surface area contributed by atoms with Gasteiger partial charge in [0, 0.05) is 33.2 Å². The SMILES string of the molecule is CCO[C@H]1CN(c2nc(=O)n(C)c3ccc(C#N)nc23)CC[C@@H]1Oc1ccccc1. The molecule has 0 bridgehead atoms. The Balaban J connectivity index is 1.67. The average Bonchev–Trinajstić information content (AvgIpc) is 2.78. The number of ether oxygens (including phenoxy) is 2. The Kier molecular flexibility index (Phi) is 5.63. The fraction of sp³-hybridized carbons (Fsp3) is 0.364. The molecule has 0 unspecified atom stereocenters. The summed E-state index contributed by atoms with van der Waals surface area (Å²) in [4.78, 5) is 23.1. The standard InChI is InChI=1S/C22H23N5O3/c1-3-29-19-14-27(12-11-18(19)30-16-7-5-4-6-8-16)21-20-17(26(2)22(28)25-21)10-9-15(13-23)24-20/h4-10,18-19H,3,11-12,14H2,1-2H3/t18-,19-/m0/s1. The second kappa shape index (κ2) is 8.51. The number of hydrogen-bond acceptors (Lipinski definition) is 7. The zero-order chi connectivity index (χ0) is 21.1. The Morgan fingerprint density at radius 1 is 1.17 bits per heavy atom. The van der Waals surface area contributed by atoms with Crippen molar-refractivity contribution in [2.45, 2.75) is 25.6 Å². The van der Waals surface area contributed by atoms with E-state index in [-0.39, 0.29) is 23.6 Å². The highest BCUT2D eigenvalue weighted by molar-refractivity contribution is 5.86. The molecule has 1 aliphatic rings. The molecule has 30 heavy (non-hydrogen) atoms. The summed E-state index contributed by atoms with van der Waals surface area (Å²) >= 11 is 0. The van der Waals surface area contributed by atoms with Crippen LogP contribution in [0.2, 0.25) is 0 Å². The molecular formula is C22H23N5O3. The summed E-state index contributed by atoms with van der Waals surface area (Å²) in [6.45, 7) is 3.65. The van der Waals surface area contributed by atoms with Crippen LogP contribution in [-0.4, -0.2) is 46.4 Å². The van der Waals surface area contributed by atoms with Gasteiger partial charge in [0.1, 0.15) is 35.2 Å². The lowest BCUT2D eigenvalue weighted by Gasteiger charge is -2.38. The van der Waals surface area contributed by atoms with Gasteiger partial charge in [-0.2, -0.15) is 10.2 Å². The number of piperidine rings is 1. The molecule has 3 heterocycles. The van der Waals surface area contributed by atoms with Crippen molar-refractivity contribution >= 4 is 16.9 Å². The summed E-state index contributed by atoms with van der Waals surface area (Å²) in [6.07, 6.45) is 0.406. The van der Waals surface area contributed by atoms with Crippen molar-refractivity contribution in [3.63, 3.8) is 0 Å². The van der Waals surface area contributed by atoms with E-state index in [4.69, 9.17) is 9.47 Å². The average molecular weight is 405 g/mol. The second-order valence-electron chi connectivity index (χ2n) is 7.15. The van der Waals surface area contributed by atoms with Crippen molar-refractivity contribution in [2.24, 2.45) is 7.05 Å². The van der Waals surface area contributed by atoms with Crippen molar-refractivity contribution in [1.29, 1.82) is 5.26 Å². The summed E-state index contributed by atoms with van der Waals surface area (Å²) in [7, 11) is 1.65. The molecule has 8 nitrogen and oxygen atoms in total. The van der Waals surface area contributed by atoms with Crippen LogP contribution in [0.1, 0.15) is 19.0 Å². The predicted molar refractivity (Wildman–Crippen MR) is 113 cm³/mol. The smallest absolute Gasteiger partial charge is 0.349 e. The molecule has 3 aromatic rings. The fourth-order valence-electron chi connectivity index (χ4n) is 3.76. The third-order valence-corrected chi connectivity index (χ3v) is 5.26. The van der Waals surface area contributed by atoms with E-state index in [2.05, 4.69) is 16.0 Å². The first-order valence-electron chi connectivity index (χ1n) is 9.97. The van der Waals surface area contributed by atoms with Gasteiger partial charge in [-0.3, -0.25) is 4.57 Å². The highest BCUT2D eigenvalue weighted by Crippen LogP contribution is 2.27. The van der Waals surface area contributed by atoms with Crippen molar-refractivity contribution < 1.29 is 9.47 Å². The Hall–Kier alpha value is -3.44. The van der Waals surface area contributed by atoms with Crippen LogP contribution in [0.4, 0.5) is 5.82 Å². The van der Waals surface area contributed by atoms with Gasteiger partial charge in [-0.1, -0.05) is 18.2 Å². The van der Waals surface area contributed by atoms with E-state index in [1.807, 2.05) is 42.2 Å². The van der Waals surface area contributed by atoms with Crippen LogP contribution in [0, 0.1) is 11.3 Å². The van der Waals surface area contributed by atoms with E-state index in [9.17, 15) is 10.1 Å². The summed E-state index contributed by atoms with van der Waals surface area (Å²) < 4.78 is 13.6. The molecule has 1 aliphatic heterocycles. The van der Waals surface area contributed by atoms with Gasteiger partial charge in [0.25, 0.3) is 0 Å². The van der Waals surface area contributed by atoms with E-state index in [1.54, 1.807) is 19.2 Å². The molecule has 154 valence electrons. The van der Waals surface area contributed by atoms with Crippen molar-refractivity contribution in [1.82, 2.24) is 14.5 Å². The lowest BCUT2D eigenvalue weighted by molar-refractivity contribution is -0.0281. The number of anilines is 1. The lowest BCUT2D eigenvalue weighted by atomic mass is 10.0. The quantitative estimate of drug-likeness (QED) is 0.643. The first-order chi connectivity index (χ1) is 14.6.